The van der Waals surface area contributed by atoms with Gasteiger partial charge in [0, 0.05) is 0 Å². The van der Waals surface area contributed by atoms with E-state index in [9.17, 15) is 0 Å². The lowest BCUT2D eigenvalue weighted by molar-refractivity contribution is 0.345. The molecular formula is C11H13NO2. The van der Waals surface area contributed by atoms with E-state index < -0.39 is 0 Å². The van der Waals surface area contributed by atoms with Gasteiger partial charge in [0.15, 0.2) is 0 Å². The molecule has 14 heavy (non-hydrogen) atoms. The maximum absolute atomic E-state index is 5.39. The van der Waals surface area contributed by atoms with Crippen LogP contribution in [0, 0.1) is 6.92 Å². The molecule has 1 heterocycles. The molecule has 1 aromatic rings. The molecule has 0 spiro atoms. The van der Waals surface area contributed by atoms with Crippen molar-refractivity contribution in [1.29, 1.82) is 0 Å². The van der Waals surface area contributed by atoms with Crippen LogP contribution >= 0.6 is 0 Å². The minimum atomic E-state index is 0.673. The molecule has 0 fully saturated rings. The van der Waals surface area contributed by atoms with Gasteiger partial charge in [-0.3, -0.25) is 0 Å². The van der Waals surface area contributed by atoms with E-state index >= 15 is 0 Å². The first-order valence-corrected chi connectivity index (χ1v) is 4.63. The number of methoxy groups -OCH3 is 1. The zero-order valence-electron chi connectivity index (χ0n) is 8.41. The summed E-state index contributed by atoms with van der Waals surface area (Å²) < 4.78 is 10.7. The minimum Gasteiger partial charge on any atom is -0.496 e. The van der Waals surface area contributed by atoms with Gasteiger partial charge in [-0.1, -0.05) is 6.07 Å². The van der Waals surface area contributed by atoms with Crippen molar-refractivity contribution < 1.29 is 9.47 Å². The largest absolute Gasteiger partial charge is 0.496 e. The maximum atomic E-state index is 5.39. The summed E-state index contributed by atoms with van der Waals surface area (Å²) in [4.78, 5) is 4.26. The molecule has 1 aromatic carbocycles. The van der Waals surface area contributed by atoms with Gasteiger partial charge >= 0.3 is 0 Å². The molecule has 2 rings (SSSR count). The Morgan fingerprint density at radius 2 is 2.29 bits per heavy atom. The molecule has 0 aliphatic carbocycles. The average molecular weight is 191 g/mol. The van der Waals surface area contributed by atoms with Gasteiger partial charge < -0.3 is 9.47 Å². The van der Waals surface area contributed by atoms with Crippen LogP contribution < -0.4 is 4.74 Å². The molecule has 1 aliphatic rings. The van der Waals surface area contributed by atoms with Gasteiger partial charge in [0.2, 0.25) is 5.90 Å². The second kappa shape index (κ2) is 3.70. The summed E-state index contributed by atoms with van der Waals surface area (Å²) >= 11 is 0. The number of hydrogen-bond acceptors (Lipinski definition) is 3. The van der Waals surface area contributed by atoms with E-state index in [0.29, 0.717) is 12.5 Å². The van der Waals surface area contributed by atoms with Gasteiger partial charge in [-0.25, -0.2) is 4.99 Å². The number of aryl methyl sites for hydroxylation is 1. The first-order chi connectivity index (χ1) is 6.81. The summed E-state index contributed by atoms with van der Waals surface area (Å²) in [5, 5.41) is 0. The Kier molecular flexibility index (Phi) is 2.39. The topological polar surface area (TPSA) is 30.8 Å². The van der Waals surface area contributed by atoms with Crippen LogP contribution in [0.15, 0.2) is 23.2 Å². The lowest BCUT2D eigenvalue weighted by atomic mass is 10.1. The summed E-state index contributed by atoms with van der Waals surface area (Å²) in [5.41, 5.74) is 2.11. The summed E-state index contributed by atoms with van der Waals surface area (Å²) in [5.74, 6) is 1.52. The third-order valence-electron chi connectivity index (χ3n) is 2.17. The first-order valence-electron chi connectivity index (χ1n) is 4.63. The second-order valence-electron chi connectivity index (χ2n) is 3.24. The smallest absolute Gasteiger partial charge is 0.220 e. The normalized spacial score (nSPS) is 14.9. The van der Waals surface area contributed by atoms with Gasteiger partial charge in [0.25, 0.3) is 0 Å². The molecule has 0 radical (unpaired) electrons. The first kappa shape index (κ1) is 9.06. The van der Waals surface area contributed by atoms with Gasteiger partial charge in [-0.05, 0) is 24.6 Å². The van der Waals surface area contributed by atoms with Crippen molar-refractivity contribution in [1.82, 2.24) is 0 Å². The van der Waals surface area contributed by atoms with E-state index in [1.807, 2.05) is 25.1 Å². The van der Waals surface area contributed by atoms with Gasteiger partial charge in [0.1, 0.15) is 12.4 Å². The summed E-state index contributed by atoms with van der Waals surface area (Å²) in [6.07, 6.45) is 0. The fraction of sp³-hybridized carbons (Fsp3) is 0.364. The zero-order chi connectivity index (χ0) is 9.97. The summed E-state index contributed by atoms with van der Waals surface area (Å²) in [6, 6.07) is 6.00. The Balaban J connectivity index is 2.41. The third-order valence-corrected chi connectivity index (χ3v) is 2.17. The Bertz CT molecular complexity index is 372. The van der Waals surface area contributed by atoms with E-state index in [0.717, 1.165) is 17.9 Å². The third kappa shape index (κ3) is 1.58. The molecule has 0 unspecified atom stereocenters. The second-order valence-corrected chi connectivity index (χ2v) is 3.24. The average Bonchev–Trinajstić information content (AvgIpc) is 2.70. The van der Waals surface area contributed by atoms with Crippen LogP contribution in [0.25, 0.3) is 0 Å². The van der Waals surface area contributed by atoms with Crippen molar-refractivity contribution in [2.75, 3.05) is 20.3 Å². The van der Waals surface area contributed by atoms with E-state index in [1.54, 1.807) is 7.11 Å². The number of aliphatic imine (C=N–C) groups is 1. The molecule has 0 saturated carbocycles. The SMILES string of the molecule is COc1cc(C)ccc1C1=NCCO1. The predicted molar refractivity (Wildman–Crippen MR) is 55.1 cm³/mol. The number of ether oxygens (including phenoxy) is 2. The monoisotopic (exact) mass is 191 g/mol. The van der Waals surface area contributed by atoms with Gasteiger partial charge in [0.05, 0.1) is 19.2 Å². The van der Waals surface area contributed by atoms with Crippen LogP contribution in [0.4, 0.5) is 0 Å². The van der Waals surface area contributed by atoms with Crippen LogP contribution in [-0.4, -0.2) is 26.2 Å². The lowest BCUT2D eigenvalue weighted by Gasteiger charge is -2.08. The van der Waals surface area contributed by atoms with Crippen molar-refractivity contribution >= 4 is 5.90 Å². The lowest BCUT2D eigenvalue weighted by Crippen LogP contribution is -2.03. The molecule has 0 saturated heterocycles. The van der Waals surface area contributed by atoms with Crippen molar-refractivity contribution in [3.63, 3.8) is 0 Å². The van der Waals surface area contributed by atoms with Crippen molar-refractivity contribution in [3.8, 4) is 5.75 Å². The molecule has 0 N–H and O–H groups in total. The molecule has 1 aliphatic heterocycles. The van der Waals surface area contributed by atoms with Crippen molar-refractivity contribution in [2.45, 2.75) is 6.92 Å². The molecule has 0 atom stereocenters. The van der Waals surface area contributed by atoms with Gasteiger partial charge in [-0.2, -0.15) is 0 Å². The van der Waals surface area contributed by atoms with E-state index in [1.165, 1.54) is 5.56 Å². The van der Waals surface area contributed by atoms with E-state index in [-0.39, 0.29) is 0 Å². The highest BCUT2D eigenvalue weighted by Gasteiger charge is 2.14. The molecular weight excluding hydrogens is 178 g/mol. The number of hydrogen-bond donors (Lipinski definition) is 0. The number of benzene rings is 1. The highest BCUT2D eigenvalue weighted by atomic mass is 16.5. The summed E-state index contributed by atoms with van der Waals surface area (Å²) in [7, 11) is 1.66. The Morgan fingerprint density at radius 3 is 2.93 bits per heavy atom. The van der Waals surface area contributed by atoms with Crippen LogP contribution in [0.3, 0.4) is 0 Å². The van der Waals surface area contributed by atoms with E-state index in [2.05, 4.69) is 4.99 Å². The predicted octanol–water partition coefficient (Wildman–Crippen LogP) is 1.78. The Morgan fingerprint density at radius 1 is 1.43 bits per heavy atom. The Hall–Kier alpha value is -1.51. The van der Waals surface area contributed by atoms with Crippen molar-refractivity contribution in [3.05, 3.63) is 29.3 Å². The molecule has 0 aromatic heterocycles. The van der Waals surface area contributed by atoms with Crippen LogP contribution in [0.2, 0.25) is 0 Å². The molecule has 74 valence electrons. The fourth-order valence-electron chi connectivity index (χ4n) is 1.47. The van der Waals surface area contributed by atoms with E-state index in [4.69, 9.17) is 9.47 Å². The fourth-order valence-corrected chi connectivity index (χ4v) is 1.47. The Labute approximate surface area is 83.4 Å². The molecule has 0 bridgehead atoms. The highest BCUT2D eigenvalue weighted by Crippen LogP contribution is 2.22. The van der Waals surface area contributed by atoms with Crippen LogP contribution in [0.5, 0.6) is 5.75 Å². The minimum absolute atomic E-state index is 0.673. The number of nitrogens with zero attached hydrogens (tertiary/aromatic N) is 1. The van der Waals surface area contributed by atoms with Crippen LogP contribution in [-0.2, 0) is 4.74 Å². The van der Waals surface area contributed by atoms with Gasteiger partial charge in [-0.15, -0.1) is 0 Å². The maximum Gasteiger partial charge on any atom is 0.220 e. The highest BCUT2D eigenvalue weighted by molar-refractivity contribution is 5.97. The quantitative estimate of drug-likeness (QED) is 0.713. The zero-order valence-corrected chi connectivity index (χ0v) is 8.41. The molecule has 3 heteroatoms. The molecule has 3 nitrogen and oxygen atoms in total. The van der Waals surface area contributed by atoms with Crippen molar-refractivity contribution in [2.24, 2.45) is 4.99 Å². The standard InChI is InChI=1S/C11H13NO2/c1-8-3-4-9(10(7-8)13-2)11-12-5-6-14-11/h3-4,7H,5-6H2,1-2H3. The summed E-state index contributed by atoms with van der Waals surface area (Å²) in [6.45, 7) is 3.45. The van der Waals surface area contributed by atoms with Crippen LogP contribution in [0.1, 0.15) is 11.1 Å². The number of rotatable bonds is 2. The molecule has 0 amide bonds.